The van der Waals surface area contributed by atoms with Gasteiger partial charge in [-0.15, -0.1) is 0 Å². The lowest BCUT2D eigenvalue weighted by Gasteiger charge is -2.22. The van der Waals surface area contributed by atoms with Gasteiger partial charge in [-0.05, 0) is 30.7 Å². The maximum absolute atomic E-state index is 12.4. The summed E-state index contributed by atoms with van der Waals surface area (Å²) in [6, 6.07) is 18.1. The van der Waals surface area contributed by atoms with Crippen LogP contribution in [0.3, 0.4) is 0 Å². The van der Waals surface area contributed by atoms with E-state index < -0.39 is 24.4 Å². The molecule has 2 amide bonds. The van der Waals surface area contributed by atoms with Gasteiger partial charge in [-0.1, -0.05) is 36.4 Å². The standard InChI is InChI=1S/C21H24N2O5/c22-19(24)13-14-23(17-8-3-1-4-9-17)20(25)16-28-21(26)12-7-15-27-18-10-5-2-6-11-18/h1-6,8-11H,7,12-16H2,(H2,22,24). The molecule has 0 aliphatic heterocycles. The van der Waals surface area contributed by atoms with Gasteiger partial charge in [0.15, 0.2) is 6.61 Å². The minimum Gasteiger partial charge on any atom is -0.494 e. The number of hydrogen-bond donors (Lipinski definition) is 1. The van der Waals surface area contributed by atoms with Crippen molar-refractivity contribution < 1.29 is 23.9 Å². The molecule has 2 aromatic rings. The summed E-state index contributed by atoms with van der Waals surface area (Å²) in [5.41, 5.74) is 5.79. The van der Waals surface area contributed by atoms with Crippen LogP contribution >= 0.6 is 0 Å². The average Bonchev–Trinajstić information content (AvgIpc) is 2.71. The second-order valence-electron chi connectivity index (χ2n) is 6.02. The fourth-order valence-corrected chi connectivity index (χ4v) is 2.44. The lowest BCUT2D eigenvalue weighted by Crippen LogP contribution is -2.37. The molecule has 28 heavy (non-hydrogen) atoms. The zero-order valence-electron chi connectivity index (χ0n) is 15.6. The van der Waals surface area contributed by atoms with Crippen LogP contribution in [0.15, 0.2) is 60.7 Å². The molecule has 7 heteroatoms. The lowest BCUT2D eigenvalue weighted by molar-refractivity contribution is -0.148. The molecule has 0 unspecified atom stereocenters. The minimum atomic E-state index is -0.510. The zero-order valence-corrected chi connectivity index (χ0v) is 15.6. The van der Waals surface area contributed by atoms with Gasteiger partial charge in [0.05, 0.1) is 6.61 Å². The van der Waals surface area contributed by atoms with Crippen LogP contribution < -0.4 is 15.4 Å². The Labute approximate surface area is 164 Å². The number of rotatable bonds is 11. The second kappa shape index (κ2) is 11.4. The number of para-hydroxylation sites is 2. The molecule has 0 aliphatic carbocycles. The number of nitrogens with zero attached hydrogens (tertiary/aromatic N) is 1. The monoisotopic (exact) mass is 384 g/mol. The van der Waals surface area contributed by atoms with Gasteiger partial charge in [-0.25, -0.2) is 0 Å². The van der Waals surface area contributed by atoms with Gasteiger partial charge in [0.2, 0.25) is 5.91 Å². The molecule has 0 heterocycles. The summed E-state index contributed by atoms with van der Waals surface area (Å²) in [5.74, 6) is -0.669. The molecule has 0 bridgehead atoms. The fourth-order valence-electron chi connectivity index (χ4n) is 2.44. The Morgan fingerprint density at radius 3 is 2.18 bits per heavy atom. The van der Waals surface area contributed by atoms with Gasteiger partial charge in [0.1, 0.15) is 5.75 Å². The number of anilines is 1. The van der Waals surface area contributed by atoms with E-state index in [1.807, 2.05) is 36.4 Å². The summed E-state index contributed by atoms with van der Waals surface area (Å²) in [7, 11) is 0. The Morgan fingerprint density at radius 1 is 0.893 bits per heavy atom. The van der Waals surface area contributed by atoms with Gasteiger partial charge >= 0.3 is 5.97 Å². The van der Waals surface area contributed by atoms with Gasteiger partial charge in [-0.3, -0.25) is 14.4 Å². The molecule has 0 aliphatic rings. The van der Waals surface area contributed by atoms with E-state index in [9.17, 15) is 14.4 Å². The summed E-state index contributed by atoms with van der Waals surface area (Å²) >= 11 is 0. The first kappa shape index (κ1) is 21.0. The molecule has 0 aromatic heterocycles. The summed E-state index contributed by atoms with van der Waals surface area (Å²) in [4.78, 5) is 36.8. The van der Waals surface area contributed by atoms with E-state index in [4.69, 9.17) is 15.2 Å². The van der Waals surface area contributed by atoms with Gasteiger partial charge < -0.3 is 20.1 Å². The molecule has 7 nitrogen and oxygen atoms in total. The Balaban J connectivity index is 1.75. The van der Waals surface area contributed by atoms with Crippen LogP contribution in [-0.4, -0.2) is 37.5 Å². The van der Waals surface area contributed by atoms with Crippen molar-refractivity contribution in [2.24, 2.45) is 5.73 Å². The molecule has 2 rings (SSSR count). The quantitative estimate of drug-likeness (QED) is 0.473. The topological polar surface area (TPSA) is 98.9 Å². The van der Waals surface area contributed by atoms with E-state index in [0.717, 1.165) is 5.75 Å². The number of primary amides is 1. The Bertz CT molecular complexity index is 765. The second-order valence-corrected chi connectivity index (χ2v) is 6.02. The molecular formula is C21H24N2O5. The van der Waals surface area contributed by atoms with E-state index in [1.165, 1.54) is 4.90 Å². The van der Waals surface area contributed by atoms with Gasteiger partial charge in [0, 0.05) is 25.1 Å². The van der Waals surface area contributed by atoms with Crippen LogP contribution in [0.2, 0.25) is 0 Å². The van der Waals surface area contributed by atoms with Crippen molar-refractivity contribution >= 4 is 23.5 Å². The Morgan fingerprint density at radius 2 is 1.54 bits per heavy atom. The third kappa shape index (κ3) is 7.49. The summed E-state index contributed by atoms with van der Waals surface area (Å²) in [5, 5.41) is 0. The molecule has 148 valence electrons. The average molecular weight is 384 g/mol. The Kier molecular flexibility index (Phi) is 8.52. The third-order valence-corrected chi connectivity index (χ3v) is 3.84. The lowest BCUT2D eigenvalue weighted by atomic mass is 10.2. The number of nitrogens with two attached hydrogens (primary N) is 1. The number of ether oxygens (including phenoxy) is 2. The Hall–Kier alpha value is -3.35. The van der Waals surface area contributed by atoms with Crippen LogP contribution in [-0.2, 0) is 19.1 Å². The van der Waals surface area contributed by atoms with Crippen LogP contribution in [0.4, 0.5) is 5.69 Å². The number of carbonyl (C=O) groups excluding carboxylic acids is 3. The minimum absolute atomic E-state index is 0.0193. The van der Waals surface area contributed by atoms with Crippen molar-refractivity contribution in [2.75, 3.05) is 24.7 Å². The number of carbonyl (C=O) groups is 3. The van der Waals surface area contributed by atoms with Crippen molar-refractivity contribution in [3.05, 3.63) is 60.7 Å². The molecule has 0 radical (unpaired) electrons. The zero-order chi connectivity index (χ0) is 20.2. The highest BCUT2D eigenvalue weighted by molar-refractivity contribution is 5.95. The molecule has 0 fully saturated rings. The highest BCUT2D eigenvalue weighted by Crippen LogP contribution is 2.14. The number of hydrogen-bond acceptors (Lipinski definition) is 5. The molecule has 0 spiro atoms. The smallest absolute Gasteiger partial charge is 0.306 e. The largest absolute Gasteiger partial charge is 0.494 e. The first-order valence-corrected chi connectivity index (χ1v) is 9.03. The third-order valence-electron chi connectivity index (χ3n) is 3.84. The van der Waals surface area contributed by atoms with E-state index in [1.54, 1.807) is 24.3 Å². The first-order valence-electron chi connectivity index (χ1n) is 9.03. The fraction of sp³-hybridized carbons (Fsp3) is 0.286. The van der Waals surface area contributed by atoms with Crippen LogP contribution in [0, 0.1) is 0 Å². The maximum Gasteiger partial charge on any atom is 0.306 e. The van der Waals surface area contributed by atoms with Gasteiger partial charge in [-0.2, -0.15) is 0 Å². The molecule has 0 saturated heterocycles. The summed E-state index contributed by atoms with van der Waals surface area (Å²) in [6.45, 7) is 0.106. The van der Waals surface area contributed by atoms with Crippen LogP contribution in [0.5, 0.6) is 5.75 Å². The highest BCUT2D eigenvalue weighted by atomic mass is 16.5. The number of amides is 2. The highest BCUT2D eigenvalue weighted by Gasteiger charge is 2.18. The van der Waals surface area contributed by atoms with Crippen molar-refractivity contribution in [1.82, 2.24) is 0 Å². The van der Waals surface area contributed by atoms with Crippen LogP contribution in [0.1, 0.15) is 19.3 Å². The van der Waals surface area contributed by atoms with E-state index in [0.29, 0.717) is 18.7 Å². The molecule has 2 aromatic carbocycles. The molecule has 0 atom stereocenters. The normalized spacial score (nSPS) is 10.1. The van der Waals surface area contributed by atoms with E-state index in [2.05, 4.69) is 0 Å². The number of esters is 1. The van der Waals surface area contributed by atoms with Crippen LogP contribution in [0.25, 0.3) is 0 Å². The van der Waals surface area contributed by atoms with Crippen molar-refractivity contribution in [3.8, 4) is 5.75 Å². The predicted molar refractivity (Wildman–Crippen MR) is 105 cm³/mol. The first-order chi connectivity index (χ1) is 13.6. The van der Waals surface area contributed by atoms with Crippen molar-refractivity contribution in [1.29, 1.82) is 0 Å². The molecule has 0 saturated carbocycles. The van der Waals surface area contributed by atoms with Crippen molar-refractivity contribution in [3.63, 3.8) is 0 Å². The van der Waals surface area contributed by atoms with Gasteiger partial charge in [0.25, 0.3) is 5.91 Å². The SMILES string of the molecule is NC(=O)CCN(C(=O)COC(=O)CCCOc1ccccc1)c1ccccc1. The molecule has 2 N–H and O–H groups in total. The maximum atomic E-state index is 12.4. The summed E-state index contributed by atoms with van der Waals surface area (Å²) in [6.07, 6.45) is 0.643. The van der Waals surface area contributed by atoms with E-state index in [-0.39, 0.29) is 19.4 Å². The number of benzene rings is 2. The van der Waals surface area contributed by atoms with Crippen molar-refractivity contribution in [2.45, 2.75) is 19.3 Å². The van der Waals surface area contributed by atoms with E-state index >= 15 is 0 Å². The summed E-state index contributed by atoms with van der Waals surface area (Å²) < 4.78 is 10.6. The molecular weight excluding hydrogens is 360 g/mol. The predicted octanol–water partition coefficient (Wildman–Crippen LogP) is 2.30.